The summed E-state index contributed by atoms with van der Waals surface area (Å²) in [6.07, 6.45) is 0.206. The van der Waals surface area contributed by atoms with Crippen LogP contribution in [0, 0.1) is 35.1 Å². The van der Waals surface area contributed by atoms with Gasteiger partial charge in [0.05, 0.1) is 22.5 Å². The molecule has 2 unspecified atom stereocenters. The predicted octanol–water partition coefficient (Wildman–Crippen LogP) is 4.11. The molecule has 1 aliphatic rings. The average molecular weight is 387 g/mol. The number of rotatable bonds is 4. The Kier molecular flexibility index (Phi) is 4.86. The monoisotopic (exact) mass is 386 g/mol. The Morgan fingerprint density at radius 1 is 0.885 bits per heavy atom. The molecule has 0 aliphatic heterocycles. The first-order chi connectivity index (χ1) is 12.3. The minimum atomic E-state index is -1.69. The minimum Gasteiger partial charge on any atom is -0.326 e. The van der Waals surface area contributed by atoms with Gasteiger partial charge in [0.2, 0.25) is 11.8 Å². The third kappa shape index (κ3) is 3.65. The number of amides is 2. The molecule has 2 N–H and O–H groups in total. The molecule has 0 aromatic heterocycles. The summed E-state index contributed by atoms with van der Waals surface area (Å²) < 4.78 is 52.7. The molecule has 0 spiro atoms. The molecule has 2 aromatic carbocycles. The van der Waals surface area contributed by atoms with Crippen molar-refractivity contribution in [2.24, 2.45) is 11.8 Å². The van der Waals surface area contributed by atoms with E-state index in [4.69, 9.17) is 11.6 Å². The summed E-state index contributed by atoms with van der Waals surface area (Å²) in [4.78, 5) is 24.1. The van der Waals surface area contributed by atoms with Crippen molar-refractivity contribution in [3.63, 3.8) is 0 Å². The van der Waals surface area contributed by atoms with Crippen molar-refractivity contribution in [1.29, 1.82) is 0 Å². The van der Waals surface area contributed by atoms with E-state index in [1.54, 1.807) is 0 Å². The third-order valence-corrected chi connectivity index (χ3v) is 4.23. The Balaban J connectivity index is 1.61. The fourth-order valence-corrected chi connectivity index (χ4v) is 2.61. The summed E-state index contributed by atoms with van der Waals surface area (Å²) in [6, 6.07) is 5.20. The Morgan fingerprint density at radius 2 is 1.50 bits per heavy atom. The lowest BCUT2D eigenvalue weighted by Gasteiger charge is -2.08. The van der Waals surface area contributed by atoms with Crippen LogP contribution in [0.25, 0.3) is 0 Å². The summed E-state index contributed by atoms with van der Waals surface area (Å²) >= 11 is 5.62. The molecule has 0 heterocycles. The lowest BCUT2D eigenvalue weighted by atomic mass is 10.2. The van der Waals surface area contributed by atoms with E-state index in [9.17, 15) is 27.2 Å². The summed E-state index contributed by atoms with van der Waals surface area (Å²) in [5.41, 5.74) is -0.246. The van der Waals surface area contributed by atoms with Gasteiger partial charge in [-0.3, -0.25) is 9.59 Å². The quantitative estimate of drug-likeness (QED) is 0.613. The van der Waals surface area contributed by atoms with Gasteiger partial charge in [-0.1, -0.05) is 11.6 Å². The van der Waals surface area contributed by atoms with Gasteiger partial charge < -0.3 is 10.6 Å². The van der Waals surface area contributed by atoms with Crippen LogP contribution < -0.4 is 10.6 Å². The van der Waals surface area contributed by atoms with Gasteiger partial charge in [0, 0.05) is 5.69 Å². The molecule has 1 fully saturated rings. The van der Waals surface area contributed by atoms with E-state index in [1.165, 1.54) is 12.1 Å². The van der Waals surface area contributed by atoms with Crippen LogP contribution in [-0.4, -0.2) is 11.8 Å². The van der Waals surface area contributed by atoms with Gasteiger partial charge in [-0.05, 0) is 36.8 Å². The molecule has 3 rings (SSSR count). The zero-order chi connectivity index (χ0) is 19.0. The zero-order valence-electron chi connectivity index (χ0n) is 13.0. The first kappa shape index (κ1) is 18.2. The zero-order valence-corrected chi connectivity index (χ0v) is 13.7. The van der Waals surface area contributed by atoms with Gasteiger partial charge >= 0.3 is 0 Å². The maximum Gasteiger partial charge on any atom is 0.228 e. The van der Waals surface area contributed by atoms with Gasteiger partial charge in [-0.15, -0.1) is 0 Å². The summed E-state index contributed by atoms with van der Waals surface area (Å²) in [5, 5.41) is 4.46. The van der Waals surface area contributed by atoms with Crippen molar-refractivity contribution in [3.8, 4) is 0 Å². The molecule has 4 nitrogen and oxygen atoms in total. The molecular weight excluding hydrogens is 376 g/mol. The number of nitrogens with one attached hydrogen (secondary N) is 2. The van der Waals surface area contributed by atoms with Crippen LogP contribution in [0.3, 0.4) is 0 Å². The summed E-state index contributed by atoms with van der Waals surface area (Å²) in [7, 11) is 0. The van der Waals surface area contributed by atoms with Crippen LogP contribution in [0.15, 0.2) is 30.3 Å². The first-order valence-electron chi connectivity index (χ1n) is 7.48. The molecule has 1 aliphatic carbocycles. The molecule has 0 saturated heterocycles. The highest BCUT2D eigenvalue weighted by Crippen LogP contribution is 2.40. The maximum absolute atomic E-state index is 13.6. The molecular formula is C17H11ClF4N2O2. The van der Waals surface area contributed by atoms with E-state index in [1.807, 2.05) is 0 Å². The molecule has 0 radical (unpaired) electrons. The standard InChI is InChI=1S/C17H11ClF4N2O2/c18-10-5-7(1-2-11(10)19)23-16(25)8-6-9(8)17(26)24-13-4-3-12(20)14(21)15(13)22/h1-5,8-9H,6H2,(H,23,25)(H,24,26). The third-order valence-electron chi connectivity index (χ3n) is 3.94. The number of hydrogen-bond acceptors (Lipinski definition) is 2. The van der Waals surface area contributed by atoms with E-state index in [0.717, 1.165) is 12.1 Å². The number of hydrogen-bond donors (Lipinski definition) is 2. The van der Waals surface area contributed by atoms with E-state index in [-0.39, 0.29) is 17.1 Å². The molecule has 1 saturated carbocycles. The van der Waals surface area contributed by atoms with Gasteiger partial charge in [0.15, 0.2) is 17.5 Å². The van der Waals surface area contributed by atoms with Crippen molar-refractivity contribution in [2.75, 3.05) is 10.6 Å². The van der Waals surface area contributed by atoms with Crippen LogP contribution in [0.4, 0.5) is 28.9 Å². The second-order valence-electron chi connectivity index (χ2n) is 5.78. The van der Waals surface area contributed by atoms with E-state index < -0.39 is 52.6 Å². The second-order valence-corrected chi connectivity index (χ2v) is 6.19. The number of carbonyl (C=O) groups excluding carboxylic acids is 2. The first-order valence-corrected chi connectivity index (χ1v) is 7.86. The SMILES string of the molecule is O=C(Nc1ccc(F)c(Cl)c1)C1CC1C(=O)Nc1ccc(F)c(F)c1F. The maximum atomic E-state index is 13.6. The van der Waals surface area contributed by atoms with Gasteiger partial charge in [-0.2, -0.15) is 0 Å². The van der Waals surface area contributed by atoms with Crippen LogP contribution in [-0.2, 0) is 9.59 Å². The molecule has 2 amide bonds. The number of benzene rings is 2. The molecule has 26 heavy (non-hydrogen) atoms. The molecule has 0 bridgehead atoms. The van der Waals surface area contributed by atoms with Gasteiger partial charge in [-0.25, -0.2) is 17.6 Å². The summed E-state index contributed by atoms with van der Waals surface area (Å²) in [5.74, 6) is -7.80. The number of carbonyl (C=O) groups is 2. The van der Waals surface area contributed by atoms with Crippen LogP contribution >= 0.6 is 11.6 Å². The minimum absolute atomic E-state index is 0.165. The van der Waals surface area contributed by atoms with Crippen molar-refractivity contribution >= 4 is 34.8 Å². The highest BCUT2D eigenvalue weighted by atomic mass is 35.5. The Bertz CT molecular complexity index is 907. The average Bonchev–Trinajstić information content (AvgIpc) is 3.39. The fraction of sp³-hybridized carbons (Fsp3) is 0.176. The predicted molar refractivity (Wildman–Crippen MR) is 86.6 cm³/mol. The second kappa shape index (κ2) is 6.95. The smallest absolute Gasteiger partial charge is 0.228 e. The topological polar surface area (TPSA) is 58.2 Å². The van der Waals surface area contributed by atoms with E-state index >= 15 is 0 Å². The largest absolute Gasteiger partial charge is 0.326 e. The lowest BCUT2D eigenvalue weighted by molar-refractivity contribution is -0.122. The van der Waals surface area contributed by atoms with Gasteiger partial charge in [0.25, 0.3) is 0 Å². The highest BCUT2D eigenvalue weighted by molar-refractivity contribution is 6.31. The molecule has 2 atom stereocenters. The molecule has 136 valence electrons. The fourth-order valence-electron chi connectivity index (χ4n) is 2.43. The lowest BCUT2D eigenvalue weighted by Crippen LogP contribution is -2.21. The Morgan fingerprint density at radius 3 is 2.15 bits per heavy atom. The van der Waals surface area contributed by atoms with E-state index in [0.29, 0.717) is 6.07 Å². The normalized spacial score (nSPS) is 18.3. The molecule has 2 aromatic rings. The Labute approximate surface area is 150 Å². The van der Waals surface area contributed by atoms with Crippen LogP contribution in [0.5, 0.6) is 0 Å². The highest BCUT2D eigenvalue weighted by Gasteiger charge is 2.48. The van der Waals surface area contributed by atoms with Crippen molar-refractivity contribution in [2.45, 2.75) is 6.42 Å². The van der Waals surface area contributed by atoms with Gasteiger partial charge in [0.1, 0.15) is 5.82 Å². The number of halogens is 5. The van der Waals surface area contributed by atoms with Crippen molar-refractivity contribution in [1.82, 2.24) is 0 Å². The van der Waals surface area contributed by atoms with Crippen molar-refractivity contribution < 1.29 is 27.2 Å². The van der Waals surface area contributed by atoms with Crippen LogP contribution in [0.2, 0.25) is 5.02 Å². The number of anilines is 2. The van der Waals surface area contributed by atoms with Crippen molar-refractivity contribution in [3.05, 3.63) is 58.6 Å². The Hall–Kier alpha value is -2.61. The van der Waals surface area contributed by atoms with Crippen LogP contribution in [0.1, 0.15) is 6.42 Å². The molecule has 9 heteroatoms. The summed E-state index contributed by atoms with van der Waals surface area (Å²) in [6.45, 7) is 0. The van der Waals surface area contributed by atoms with E-state index in [2.05, 4.69) is 10.6 Å².